The van der Waals surface area contributed by atoms with Gasteiger partial charge in [-0.1, -0.05) is 20.8 Å². The number of aliphatic hydroxyl groups excluding tert-OH is 1. The predicted octanol–water partition coefficient (Wildman–Crippen LogP) is 1.31. The van der Waals surface area contributed by atoms with E-state index in [1.165, 1.54) is 0 Å². The van der Waals surface area contributed by atoms with E-state index in [0.717, 1.165) is 0 Å². The maximum Gasteiger partial charge on any atom is 0.225 e. The van der Waals surface area contributed by atoms with Gasteiger partial charge in [-0.3, -0.25) is 4.79 Å². The highest BCUT2D eigenvalue weighted by Gasteiger charge is 2.27. The summed E-state index contributed by atoms with van der Waals surface area (Å²) in [5.41, 5.74) is -0.689. The maximum absolute atomic E-state index is 11.6. The van der Waals surface area contributed by atoms with Gasteiger partial charge in [-0.25, -0.2) is 0 Å². The quantitative estimate of drug-likeness (QED) is 0.700. The van der Waals surface area contributed by atoms with Crippen LogP contribution in [-0.4, -0.2) is 23.2 Å². The summed E-state index contributed by atoms with van der Waals surface area (Å²) >= 11 is 0. The molecule has 0 rings (SSSR count). The molecule has 78 valence electrons. The highest BCUT2D eigenvalue weighted by molar-refractivity contribution is 5.81. The van der Waals surface area contributed by atoms with E-state index in [0.29, 0.717) is 6.42 Å². The topological polar surface area (TPSA) is 49.3 Å². The monoisotopic (exact) mass is 187 g/mol. The van der Waals surface area contributed by atoms with E-state index in [9.17, 15) is 4.79 Å². The highest BCUT2D eigenvalue weighted by atomic mass is 16.3. The van der Waals surface area contributed by atoms with Gasteiger partial charge in [-0.15, -0.1) is 0 Å². The van der Waals surface area contributed by atoms with Crippen LogP contribution in [0.3, 0.4) is 0 Å². The molecule has 0 radical (unpaired) electrons. The van der Waals surface area contributed by atoms with Gasteiger partial charge in [-0.2, -0.15) is 0 Å². The summed E-state index contributed by atoms with van der Waals surface area (Å²) in [5.74, 6) is 0.0194. The van der Waals surface area contributed by atoms with Crippen LogP contribution in [0.2, 0.25) is 0 Å². The number of rotatable bonds is 3. The molecule has 0 saturated heterocycles. The molecule has 0 aromatic heterocycles. The SMILES string of the molecule is CC(C)(CCO)NC(=O)C(C)(C)C. The molecule has 0 atom stereocenters. The first-order valence-electron chi connectivity index (χ1n) is 4.62. The Morgan fingerprint density at radius 1 is 1.23 bits per heavy atom. The number of nitrogens with one attached hydrogen (secondary N) is 1. The summed E-state index contributed by atoms with van der Waals surface area (Å²) in [6.45, 7) is 9.53. The lowest BCUT2D eigenvalue weighted by molar-refractivity contribution is -0.130. The molecule has 13 heavy (non-hydrogen) atoms. The van der Waals surface area contributed by atoms with Crippen molar-refractivity contribution in [1.29, 1.82) is 0 Å². The Morgan fingerprint density at radius 3 is 2.00 bits per heavy atom. The van der Waals surface area contributed by atoms with Gasteiger partial charge in [0.2, 0.25) is 5.91 Å². The van der Waals surface area contributed by atoms with Crippen LogP contribution in [0, 0.1) is 5.41 Å². The molecule has 1 amide bonds. The van der Waals surface area contributed by atoms with Gasteiger partial charge in [0.1, 0.15) is 0 Å². The Kier molecular flexibility index (Phi) is 3.91. The molecule has 3 nitrogen and oxygen atoms in total. The molecule has 0 spiro atoms. The molecule has 0 unspecified atom stereocenters. The van der Waals surface area contributed by atoms with Crippen LogP contribution in [0.1, 0.15) is 41.0 Å². The first-order valence-corrected chi connectivity index (χ1v) is 4.62. The zero-order chi connectivity index (χ0) is 10.7. The Labute approximate surface area is 80.5 Å². The fourth-order valence-corrected chi connectivity index (χ4v) is 0.837. The van der Waals surface area contributed by atoms with Crippen LogP contribution in [0.4, 0.5) is 0 Å². The third-order valence-corrected chi connectivity index (χ3v) is 1.87. The van der Waals surface area contributed by atoms with Crippen molar-refractivity contribution in [2.75, 3.05) is 6.61 Å². The van der Waals surface area contributed by atoms with Gasteiger partial charge in [0, 0.05) is 17.6 Å². The lowest BCUT2D eigenvalue weighted by Gasteiger charge is -2.29. The lowest BCUT2D eigenvalue weighted by atomic mass is 9.92. The van der Waals surface area contributed by atoms with Crippen LogP contribution >= 0.6 is 0 Å². The molecule has 0 fully saturated rings. The van der Waals surface area contributed by atoms with E-state index in [-0.39, 0.29) is 23.5 Å². The van der Waals surface area contributed by atoms with Crippen molar-refractivity contribution in [1.82, 2.24) is 5.32 Å². The molecule has 0 aromatic rings. The number of carbonyl (C=O) groups excluding carboxylic acids is 1. The van der Waals surface area contributed by atoms with Gasteiger partial charge in [0.25, 0.3) is 0 Å². The van der Waals surface area contributed by atoms with Crippen LogP contribution in [-0.2, 0) is 4.79 Å². The normalized spacial score (nSPS) is 12.8. The minimum absolute atomic E-state index is 0.0194. The van der Waals surface area contributed by atoms with Crippen molar-refractivity contribution in [2.45, 2.75) is 46.6 Å². The Morgan fingerprint density at radius 2 is 1.69 bits per heavy atom. The molecule has 3 heteroatoms. The van der Waals surface area contributed by atoms with E-state index in [4.69, 9.17) is 5.11 Å². The van der Waals surface area contributed by atoms with Gasteiger partial charge < -0.3 is 10.4 Å². The van der Waals surface area contributed by atoms with Gasteiger partial charge >= 0.3 is 0 Å². The van der Waals surface area contributed by atoms with Gasteiger partial charge in [0.15, 0.2) is 0 Å². The maximum atomic E-state index is 11.6. The van der Waals surface area contributed by atoms with E-state index in [1.807, 2.05) is 34.6 Å². The molecular weight excluding hydrogens is 166 g/mol. The van der Waals surface area contributed by atoms with Gasteiger partial charge in [0.05, 0.1) is 0 Å². The second kappa shape index (κ2) is 4.09. The second-order valence-corrected chi connectivity index (χ2v) is 5.06. The largest absolute Gasteiger partial charge is 0.396 e. The van der Waals surface area contributed by atoms with E-state index in [2.05, 4.69) is 5.32 Å². The summed E-state index contributed by atoms with van der Waals surface area (Å²) in [6.07, 6.45) is 0.578. The minimum atomic E-state index is -0.368. The van der Waals surface area contributed by atoms with Gasteiger partial charge in [-0.05, 0) is 20.3 Å². The van der Waals surface area contributed by atoms with E-state index >= 15 is 0 Å². The molecule has 0 aliphatic rings. The average Bonchev–Trinajstić information content (AvgIpc) is 1.83. The van der Waals surface area contributed by atoms with Crippen molar-refractivity contribution in [3.63, 3.8) is 0 Å². The number of aliphatic hydroxyl groups is 1. The van der Waals surface area contributed by atoms with Crippen molar-refractivity contribution in [2.24, 2.45) is 5.41 Å². The molecule has 0 saturated carbocycles. The molecular formula is C10H21NO2. The highest BCUT2D eigenvalue weighted by Crippen LogP contribution is 2.16. The lowest BCUT2D eigenvalue weighted by Crippen LogP contribution is -2.48. The van der Waals surface area contributed by atoms with Crippen LogP contribution < -0.4 is 5.32 Å². The fraction of sp³-hybridized carbons (Fsp3) is 0.900. The summed E-state index contributed by atoms with van der Waals surface area (Å²) in [6, 6.07) is 0. The van der Waals surface area contributed by atoms with E-state index in [1.54, 1.807) is 0 Å². The zero-order valence-corrected chi connectivity index (χ0v) is 9.27. The Bertz CT molecular complexity index is 180. The zero-order valence-electron chi connectivity index (χ0n) is 9.27. The fourth-order valence-electron chi connectivity index (χ4n) is 0.837. The molecule has 2 N–H and O–H groups in total. The third-order valence-electron chi connectivity index (χ3n) is 1.87. The first-order chi connectivity index (χ1) is 5.69. The standard InChI is InChI=1S/C10H21NO2/c1-9(2,3)8(13)11-10(4,5)6-7-12/h12H,6-7H2,1-5H3,(H,11,13). The second-order valence-electron chi connectivity index (χ2n) is 5.06. The summed E-state index contributed by atoms with van der Waals surface area (Å²) in [7, 11) is 0. The average molecular weight is 187 g/mol. The van der Waals surface area contributed by atoms with E-state index < -0.39 is 0 Å². The molecule has 0 bridgehead atoms. The van der Waals surface area contributed by atoms with Crippen LogP contribution in [0.25, 0.3) is 0 Å². The van der Waals surface area contributed by atoms with Crippen molar-refractivity contribution in [3.8, 4) is 0 Å². The predicted molar refractivity (Wildman–Crippen MR) is 53.4 cm³/mol. The molecule has 0 aliphatic carbocycles. The van der Waals surface area contributed by atoms with Crippen LogP contribution in [0.15, 0.2) is 0 Å². The number of carbonyl (C=O) groups is 1. The Balaban J connectivity index is 4.20. The van der Waals surface area contributed by atoms with Crippen molar-refractivity contribution in [3.05, 3.63) is 0 Å². The third kappa shape index (κ3) is 4.88. The van der Waals surface area contributed by atoms with Crippen LogP contribution in [0.5, 0.6) is 0 Å². The summed E-state index contributed by atoms with van der Waals surface area (Å²) in [4.78, 5) is 11.6. The van der Waals surface area contributed by atoms with Crippen molar-refractivity contribution < 1.29 is 9.90 Å². The van der Waals surface area contributed by atoms with Crippen molar-refractivity contribution >= 4 is 5.91 Å². The minimum Gasteiger partial charge on any atom is -0.396 e. The smallest absolute Gasteiger partial charge is 0.225 e. The number of amides is 1. The summed E-state index contributed by atoms with van der Waals surface area (Å²) in [5, 5.41) is 11.7. The molecule has 0 aliphatic heterocycles. The molecule has 0 heterocycles. The molecule has 0 aromatic carbocycles. The summed E-state index contributed by atoms with van der Waals surface area (Å²) < 4.78 is 0. The first kappa shape index (κ1) is 12.4. The number of hydrogen-bond donors (Lipinski definition) is 2. The number of hydrogen-bond acceptors (Lipinski definition) is 2. The Hall–Kier alpha value is -0.570.